The maximum absolute atomic E-state index is 5.87. The fourth-order valence-electron chi connectivity index (χ4n) is 1.78. The van der Waals surface area contributed by atoms with Gasteiger partial charge in [0.05, 0.1) is 12.4 Å². The molecule has 0 saturated carbocycles. The molecule has 0 atom stereocenters. The van der Waals surface area contributed by atoms with Crippen LogP contribution in [-0.2, 0) is 0 Å². The molecule has 88 valence electrons. The second-order valence-corrected chi connectivity index (χ2v) is 4.12. The van der Waals surface area contributed by atoms with Crippen LogP contribution >= 0.6 is 11.6 Å². The van der Waals surface area contributed by atoms with Crippen LogP contribution in [0.25, 0.3) is 0 Å². The molecule has 0 saturated heterocycles. The van der Waals surface area contributed by atoms with E-state index >= 15 is 0 Å². The van der Waals surface area contributed by atoms with Gasteiger partial charge in [-0.3, -0.25) is 4.98 Å². The highest BCUT2D eigenvalue weighted by molar-refractivity contribution is 6.29. The number of hydrogen-bond acceptors (Lipinski definition) is 3. The van der Waals surface area contributed by atoms with Gasteiger partial charge in [-0.05, 0) is 25.5 Å². The van der Waals surface area contributed by atoms with Crippen LogP contribution in [0, 0.1) is 6.92 Å². The first-order valence-electron chi connectivity index (χ1n) is 5.53. The normalized spacial score (nSPS) is 10.3. The lowest BCUT2D eigenvalue weighted by atomic mass is 10.2. The zero-order valence-electron chi connectivity index (χ0n) is 9.89. The van der Waals surface area contributed by atoms with Crippen molar-refractivity contribution < 1.29 is 0 Å². The van der Waals surface area contributed by atoms with Crippen molar-refractivity contribution >= 4 is 23.1 Å². The van der Waals surface area contributed by atoms with Gasteiger partial charge >= 0.3 is 0 Å². The zero-order valence-corrected chi connectivity index (χ0v) is 10.6. The van der Waals surface area contributed by atoms with Crippen LogP contribution in [0.2, 0.25) is 5.15 Å². The van der Waals surface area contributed by atoms with Gasteiger partial charge in [0.25, 0.3) is 0 Å². The lowest BCUT2D eigenvalue weighted by molar-refractivity contribution is 0.970. The van der Waals surface area contributed by atoms with E-state index in [-0.39, 0.29) is 0 Å². The summed E-state index contributed by atoms with van der Waals surface area (Å²) < 4.78 is 0. The van der Waals surface area contributed by atoms with E-state index in [1.54, 1.807) is 6.20 Å². The summed E-state index contributed by atoms with van der Waals surface area (Å²) in [6, 6.07) is 8.19. The number of benzene rings is 1. The minimum absolute atomic E-state index is 0.412. The number of aryl methyl sites for hydroxylation is 1. The van der Waals surface area contributed by atoms with Crippen LogP contribution in [0.3, 0.4) is 0 Å². The lowest BCUT2D eigenvalue weighted by Crippen LogP contribution is -2.18. The molecule has 0 unspecified atom stereocenters. The molecule has 1 aromatic heterocycles. The molecule has 4 heteroatoms. The molecule has 0 amide bonds. The first kappa shape index (κ1) is 11.9. The smallest absolute Gasteiger partial charge is 0.153 e. The van der Waals surface area contributed by atoms with Gasteiger partial charge in [0, 0.05) is 12.2 Å². The molecule has 1 aromatic carbocycles. The fraction of sp³-hybridized carbons (Fsp3) is 0.231. The Bertz CT molecular complexity index is 514. The molecule has 0 spiro atoms. The van der Waals surface area contributed by atoms with Gasteiger partial charge in [0.1, 0.15) is 5.15 Å². The van der Waals surface area contributed by atoms with Crippen LogP contribution < -0.4 is 4.90 Å². The topological polar surface area (TPSA) is 29.0 Å². The Labute approximate surface area is 106 Å². The number of nitrogens with zero attached hydrogens (tertiary/aromatic N) is 3. The van der Waals surface area contributed by atoms with Gasteiger partial charge in [0.15, 0.2) is 5.82 Å². The molecule has 1 heterocycles. The number of para-hydroxylation sites is 1. The van der Waals surface area contributed by atoms with E-state index in [9.17, 15) is 0 Å². The van der Waals surface area contributed by atoms with Crippen LogP contribution in [0.1, 0.15) is 12.5 Å². The minimum atomic E-state index is 0.412. The van der Waals surface area contributed by atoms with Crippen molar-refractivity contribution in [2.24, 2.45) is 0 Å². The monoisotopic (exact) mass is 247 g/mol. The largest absolute Gasteiger partial charge is 0.325 e. The third-order valence-electron chi connectivity index (χ3n) is 2.59. The van der Waals surface area contributed by atoms with Crippen molar-refractivity contribution in [3.8, 4) is 0 Å². The first-order chi connectivity index (χ1) is 8.22. The fourth-order valence-corrected chi connectivity index (χ4v) is 1.93. The van der Waals surface area contributed by atoms with Gasteiger partial charge in [-0.15, -0.1) is 0 Å². The van der Waals surface area contributed by atoms with Gasteiger partial charge in [0.2, 0.25) is 0 Å². The highest BCUT2D eigenvalue weighted by atomic mass is 35.5. The zero-order chi connectivity index (χ0) is 12.3. The quantitative estimate of drug-likeness (QED) is 0.830. The molecule has 0 aliphatic rings. The molecule has 0 N–H and O–H groups in total. The van der Waals surface area contributed by atoms with E-state index in [2.05, 4.69) is 40.8 Å². The summed E-state index contributed by atoms with van der Waals surface area (Å²) in [6.07, 6.45) is 3.26. The summed E-state index contributed by atoms with van der Waals surface area (Å²) in [4.78, 5) is 10.5. The van der Waals surface area contributed by atoms with Crippen LogP contribution in [0.4, 0.5) is 11.5 Å². The lowest BCUT2D eigenvalue weighted by Gasteiger charge is -2.23. The molecular formula is C13H14ClN3. The third kappa shape index (κ3) is 2.56. The predicted octanol–water partition coefficient (Wildman–Crippen LogP) is 3.60. The molecule has 0 bridgehead atoms. The van der Waals surface area contributed by atoms with Crippen molar-refractivity contribution in [1.29, 1.82) is 0 Å². The van der Waals surface area contributed by atoms with Gasteiger partial charge in [-0.1, -0.05) is 29.8 Å². The highest BCUT2D eigenvalue weighted by Gasteiger charge is 2.11. The maximum atomic E-state index is 5.87. The second kappa shape index (κ2) is 5.15. The first-order valence-corrected chi connectivity index (χ1v) is 5.91. The Kier molecular flexibility index (Phi) is 3.59. The SMILES string of the molecule is CCN(c1cncc(Cl)n1)c1ccccc1C. The van der Waals surface area contributed by atoms with Gasteiger partial charge in [-0.25, -0.2) is 4.98 Å². The highest BCUT2D eigenvalue weighted by Crippen LogP contribution is 2.26. The summed E-state index contributed by atoms with van der Waals surface area (Å²) >= 11 is 5.87. The van der Waals surface area contributed by atoms with Crippen molar-refractivity contribution in [3.63, 3.8) is 0 Å². The van der Waals surface area contributed by atoms with Crippen LogP contribution in [0.15, 0.2) is 36.7 Å². The number of halogens is 1. The molecule has 0 fully saturated rings. The number of hydrogen-bond donors (Lipinski definition) is 0. The van der Waals surface area contributed by atoms with E-state index in [1.807, 2.05) is 12.1 Å². The van der Waals surface area contributed by atoms with Crippen LogP contribution in [-0.4, -0.2) is 16.5 Å². The second-order valence-electron chi connectivity index (χ2n) is 3.73. The average Bonchev–Trinajstić information content (AvgIpc) is 2.33. The Morgan fingerprint density at radius 1 is 1.24 bits per heavy atom. The molecule has 17 heavy (non-hydrogen) atoms. The minimum Gasteiger partial charge on any atom is -0.325 e. The summed E-state index contributed by atoms with van der Waals surface area (Å²) in [5, 5.41) is 0.412. The van der Waals surface area contributed by atoms with E-state index in [1.165, 1.54) is 11.8 Å². The summed E-state index contributed by atoms with van der Waals surface area (Å²) in [7, 11) is 0. The molecule has 2 aromatic rings. The maximum Gasteiger partial charge on any atom is 0.153 e. The average molecular weight is 248 g/mol. The Balaban J connectivity index is 2.44. The van der Waals surface area contributed by atoms with E-state index < -0.39 is 0 Å². The Hall–Kier alpha value is -1.61. The van der Waals surface area contributed by atoms with Crippen molar-refractivity contribution in [2.45, 2.75) is 13.8 Å². The number of rotatable bonds is 3. The molecule has 0 radical (unpaired) electrons. The summed E-state index contributed by atoms with van der Waals surface area (Å²) in [6.45, 7) is 4.98. The van der Waals surface area contributed by atoms with E-state index in [0.717, 1.165) is 18.1 Å². The number of aromatic nitrogens is 2. The molecule has 3 nitrogen and oxygen atoms in total. The van der Waals surface area contributed by atoms with E-state index in [4.69, 9.17) is 11.6 Å². The standard InChI is InChI=1S/C13H14ClN3/c1-3-17(11-7-5-4-6-10(11)2)13-9-15-8-12(14)16-13/h4-9H,3H2,1-2H3. The third-order valence-corrected chi connectivity index (χ3v) is 2.77. The molecule has 0 aliphatic heterocycles. The molecular weight excluding hydrogens is 234 g/mol. The predicted molar refractivity (Wildman–Crippen MR) is 70.9 cm³/mol. The summed E-state index contributed by atoms with van der Waals surface area (Å²) in [5.74, 6) is 0.773. The van der Waals surface area contributed by atoms with Crippen molar-refractivity contribution in [3.05, 3.63) is 47.4 Å². The Morgan fingerprint density at radius 2 is 2.00 bits per heavy atom. The van der Waals surface area contributed by atoms with Crippen molar-refractivity contribution in [1.82, 2.24) is 9.97 Å². The summed E-state index contributed by atoms with van der Waals surface area (Å²) in [5.41, 5.74) is 2.34. The molecule has 2 rings (SSSR count). The van der Waals surface area contributed by atoms with Crippen molar-refractivity contribution in [2.75, 3.05) is 11.4 Å². The Morgan fingerprint density at radius 3 is 2.65 bits per heavy atom. The van der Waals surface area contributed by atoms with Crippen LogP contribution in [0.5, 0.6) is 0 Å². The molecule has 0 aliphatic carbocycles. The number of anilines is 2. The van der Waals surface area contributed by atoms with Gasteiger partial charge < -0.3 is 4.90 Å². The van der Waals surface area contributed by atoms with Gasteiger partial charge in [-0.2, -0.15) is 0 Å². The van der Waals surface area contributed by atoms with E-state index in [0.29, 0.717) is 5.15 Å².